The number of rotatable bonds is 4. The van der Waals surface area contributed by atoms with Crippen molar-refractivity contribution in [2.24, 2.45) is 0 Å². The molecule has 5 heteroatoms. The number of aryl methyl sites for hydroxylation is 1. The van der Waals surface area contributed by atoms with Crippen molar-refractivity contribution in [2.75, 3.05) is 0 Å². The molecule has 0 amide bonds. The second-order valence-electron chi connectivity index (χ2n) is 4.83. The van der Waals surface area contributed by atoms with Crippen LogP contribution in [0.15, 0.2) is 64.1 Å². The van der Waals surface area contributed by atoms with E-state index < -0.39 is 10.0 Å². The molecule has 1 heterocycles. The molecule has 0 atom stereocenters. The zero-order chi connectivity index (χ0) is 14.9. The molecule has 0 spiro atoms. The average molecular weight is 301 g/mol. The maximum Gasteiger partial charge on any atom is 0.241 e. The van der Waals surface area contributed by atoms with Gasteiger partial charge in [-0.25, -0.2) is 13.1 Å². The van der Waals surface area contributed by atoms with Gasteiger partial charge >= 0.3 is 0 Å². The summed E-state index contributed by atoms with van der Waals surface area (Å²) >= 11 is 0. The van der Waals surface area contributed by atoms with Gasteiger partial charge in [-0.2, -0.15) is 0 Å². The highest BCUT2D eigenvalue weighted by atomic mass is 32.2. The van der Waals surface area contributed by atoms with Gasteiger partial charge in [-0.15, -0.1) is 0 Å². The second kappa shape index (κ2) is 5.35. The molecule has 0 saturated heterocycles. The van der Waals surface area contributed by atoms with Gasteiger partial charge in [0, 0.05) is 5.39 Å². The van der Waals surface area contributed by atoms with Gasteiger partial charge in [-0.3, -0.25) is 0 Å². The highest BCUT2D eigenvalue weighted by Gasteiger charge is 2.18. The smallest absolute Gasteiger partial charge is 0.241 e. The van der Waals surface area contributed by atoms with Crippen molar-refractivity contribution < 1.29 is 12.8 Å². The molecule has 1 aromatic heterocycles. The fraction of sp³-hybridized carbons (Fsp3) is 0.125. The summed E-state index contributed by atoms with van der Waals surface area (Å²) in [6.45, 7) is 2.10. The molecule has 108 valence electrons. The van der Waals surface area contributed by atoms with Crippen molar-refractivity contribution in [1.82, 2.24) is 4.72 Å². The molecule has 0 radical (unpaired) electrons. The summed E-state index contributed by atoms with van der Waals surface area (Å²) in [6.07, 6.45) is 1.52. The van der Waals surface area contributed by atoms with Crippen LogP contribution in [-0.2, 0) is 16.6 Å². The van der Waals surface area contributed by atoms with Gasteiger partial charge in [0.1, 0.15) is 5.76 Å². The van der Waals surface area contributed by atoms with E-state index in [1.807, 2.05) is 37.3 Å². The third-order valence-corrected chi connectivity index (χ3v) is 4.87. The first kappa shape index (κ1) is 13.9. The third kappa shape index (κ3) is 2.70. The Morgan fingerprint density at radius 2 is 1.76 bits per heavy atom. The van der Waals surface area contributed by atoms with Gasteiger partial charge in [0.25, 0.3) is 0 Å². The monoisotopic (exact) mass is 301 g/mol. The van der Waals surface area contributed by atoms with Gasteiger partial charge in [0.05, 0.1) is 17.7 Å². The molecule has 2 aromatic carbocycles. The number of fused-ring (bicyclic) bond motifs is 1. The summed E-state index contributed by atoms with van der Waals surface area (Å²) < 4.78 is 32.7. The Hall–Kier alpha value is -2.11. The Kier molecular flexibility index (Phi) is 3.53. The molecular formula is C16H15NO3S. The first-order valence-electron chi connectivity index (χ1n) is 6.58. The molecule has 0 aliphatic carbocycles. The van der Waals surface area contributed by atoms with Crippen LogP contribution in [0, 0.1) is 6.92 Å². The third-order valence-electron chi connectivity index (χ3n) is 3.41. The average Bonchev–Trinajstić information content (AvgIpc) is 2.99. The maximum absolute atomic E-state index is 12.5. The number of hydrogen-bond donors (Lipinski definition) is 1. The Morgan fingerprint density at radius 1 is 1.00 bits per heavy atom. The van der Waals surface area contributed by atoms with E-state index in [4.69, 9.17) is 4.42 Å². The van der Waals surface area contributed by atoms with Gasteiger partial charge in [0.15, 0.2) is 0 Å². The molecule has 0 unspecified atom stereocenters. The molecule has 1 N–H and O–H groups in total. The predicted octanol–water partition coefficient (Wildman–Crippen LogP) is 3.22. The first-order chi connectivity index (χ1) is 10.1. The predicted molar refractivity (Wildman–Crippen MR) is 81.4 cm³/mol. The summed E-state index contributed by atoms with van der Waals surface area (Å²) in [5, 5.41) is 1.67. The number of nitrogens with one attached hydrogen (secondary N) is 1. The standard InChI is InChI=1S/C16H15NO3S/c1-12-8-9-16(15-7-3-2-6-14(12)15)21(18,19)17-11-13-5-4-10-20-13/h2-10,17H,11H2,1H3. The van der Waals surface area contributed by atoms with Crippen LogP contribution in [0.4, 0.5) is 0 Å². The van der Waals surface area contributed by atoms with Crippen molar-refractivity contribution in [3.63, 3.8) is 0 Å². The lowest BCUT2D eigenvalue weighted by atomic mass is 10.1. The van der Waals surface area contributed by atoms with Crippen LogP contribution in [0.5, 0.6) is 0 Å². The number of sulfonamides is 1. The van der Waals surface area contributed by atoms with Crippen molar-refractivity contribution >= 4 is 20.8 Å². The minimum atomic E-state index is -3.59. The fourth-order valence-corrected chi connectivity index (χ4v) is 3.52. The number of furan rings is 1. The van der Waals surface area contributed by atoms with Crippen molar-refractivity contribution in [3.8, 4) is 0 Å². The van der Waals surface area contributed by atoms with Crippen molar-refractivity contribution in [2.45, 2.75) is 18.4 Å². The molecule has 4 nitrogen and oxygen atoms in total. The zero-order valence-corrected chi connectivity index (χ0v) is 12.4. The molecule has 0 bridgehead atoms. The minimum absolute atomic E-state index is 0.136. The highest BCUT2D eigenvalue weighted by molar-refractivity contribution is 7.89. The van der Waals surface area contributed by atoms with E-state index in [0.717, 1.165) is 16.3 Å². The van der Waals surface area contributed by atoms with Crippen LogP contribution in [0.1, 0.15) is 11.3 Å². The lowest BCUT2D eigenvalue weighted by Crippen LogP contribution is -2.23. The SMILES string of the molecule is Cc1ccc(S(=O)(=O)NCc2ccco2)c2ccccc12. The van der Waals surface area contributed by atoms with E-state index in [9.17, 15) is 8.42 Å². The van der Waals surface area contributed by atoms with Gasteiger partial charge in [-0.05, 0) is 36.1 Å². The lowest BCUT2D eigenvalue weighted by Gasteiger charge is -2.10. The molecule has 21 heavy (non-hydrogen) atoms. The van der Waals surface area contributed by atoms with Crippen LogP contribution >= 0.6 is 0 Å². The molecule has 0 aliphatic heterocycles. The Balaban J connectivity index is 2.01. The number of benzene rings is 2. The highest BCUT2D eigenvalue weighted by Crippen LogP contribution is 2.25. The molecule has 3 rings (SSSR count). The number of hydrogen-bond acceptors (Lipinski definition) is 3. The summed E-state index contributed by atoms with van der Waals surface area (Å²) in [5.41, 5.74) is 1.05. The van der Waals surface area contributed by atoms with Gasteiger partial charge < -0.3 is 4.42 Å². The zero-order valence-electron chi connectivity index (χ0n) is 11.5. The summed E-state index contributed by atoms with van der Waals surface area (Å²) in [7, 11) is -3.59. The van der Waals surface area contributed by atoms with E-state index in [-0.39, 0.29) is 11.4 Å². The topological polar surface area (TPSA) is 59.3 Å². The van der Waals surface area contributed by atoms with Crippen LogP contribution in [0.2, 0.25) is 0 Å². The van der Waals surface area contributed by atoms with Gasteiger partial charge in [0.2, 0.25) is 10.0 Å². The lowest BCUT2D eigenvalue weighted by molar-refractivity contribution is 0.499. The van der Waals surface area contributed by atoms with E-state index in [2.05, 4.69) is 4.72 Å². The molecular weight excluding hydrogens is 286 g/mol. The van der Waals surface area contributed by atoms with E-state index >= 15 is 0 Å². The van der Waals surface area contributed by atoms with Crippen LogP contribution in [0.25, 0.3) is 10.8 Å². The van der Waals surface area contributed by atoms with E-state index in [1.165, 1.54) is 6.26 Å². The van der Waals surface area contributed by atoms with Crippen molar-refractivity contribution in [1.29, 1.82) is 0 Å². The van der Waals surface area contributed by atoms with Crippen LogP contribution in [0.3, 0.4) is 0 Å². The molecule has 0 aliphatic rings. The molecule has 0 fully saturated rings. The van der Waals surface area contributed by atoms with Crippen LogP contribution in [-0.4, -0.2) is 8.42 Å². The van der Waals surface area contributed by atoms with E-state index in [0.29, 0.717) is 5.76 Å². The molecule has 0 saturated carbocycles. The van der Waals surface area contributed by atoms with E-state index in [1.54, 1.807) is 18.2 Å². The van der Waals surface area contributed by atoms with Gasteiger partial charge in [-0.1, -0.05) is 30.3 Å². The summed E-state index contributed by atoms with van der Waals surface area (Å²) in [6, 6.07) is 14.4. The summed E-state index contributed by atoms with van der Waals surface area (Å²) in [5.74, 6) is 0.579. The van der Waals surface area contributed by atoms with Crippen LogP contribution < -0.4 is 4.72 Å². The maximum atomic E-state index is 12.5. The normalized spacial score (nSPS) is 11.9. The Morgan fingerprint density at radius 3 is 2.48 bits per heavy atom. The fourth-order valence-electron chi connectivity index (χ4n) is 2.31. The summed E-state index contributed by atoms with van der Waals surface area (Å²) in [4.78, 5) is 0.287. The molecule has 3 aromatic rings. The quantitative estimate of drug-likeness (QED) is 0.805. The van der Waals surface area contributed by atoms with Crippen molar-refractivity contribution in [3.05, 3.63) is 66.1 Å². The minimum Gasteiger partial charge on any atom is -0.468 e. The Labute approximate surface area is 123 Å². The second-order valence-corrected chi connectivity index (χ2v) is 6.57. The Bertz CT molecular complexity index is 868. The first-order valence-corrected chi connectivity index (χ1v) is 8.07. The largest absolute Gasteiger partial charge is 0.468 e.